The second kappa shape index (κ2) is 5.36. The van der Waals surface area contributed by atoms with Crippen LogP contribution in [0.25, 0.3) is 10.9 Å². The van der Waals surface area contributed by atoms with Crippen molar-refractivity contribution in [3.63, 3.8) is 0 Å². The summed E-state index contributed by atoms with van der Waals surface area (Å²) in [6, 6.07) is 8.81. The molecule has 0 aliphatic heterocycles. The number of nitro benzene ring substituents is 1. The molecule has 22 heavy (non-hydrogen) atoms. The van der Waals surface area contributed by atoms with Gasteiger partial charge >= 0.3 is 0 Å². The Morgan fingerprint density at radius 1 is 1.23 bits per heavy atom. The van der Waals surface area contributed by atoms with Gasteiger partial charge in [0.2, 0.25) is 5.88 Å². The van der Waals surface area contributed by atoms with E-state index >= 15 is 0 Å². The molecular formula is C15H10FN3O3. The first-order valence-electron chi connectivity index (χ1n) is 6.38. The number of aryl methyl sites for hydroxylation is 1. The van der Waals surface area contributed by atoms with Crippen LogP contribution < -0.4 is 4.74 Å². The second-order valence-electron chi connectivity index (χ2n) is 4.62. The van der Waals surface area contributed by atoms with E-state index in [-0.39, 0.29) is 22.9 Å². The van der Waals surface area contributed by atoms with Crippen LogP contribution in [0.4, 0.5) is 10.1 Å². The summed E-state index contributed by atoms with van der Waals surface area (Å²) < 4.78 is 18.9. The fourth-order valence-corrected chi connectivity index (χ4v) is 2.07. The lowest BCUT2D eigenvalue weighted by atomic mass is 10.2. The van der Waals surface area contributed by atoms with Crippen LogP contribution in [0.1, 0.15) is 5.56 Å². The van der Waals surface area contributed by atoms with Gasteiger partial charge in [-0.3, -0.25) is 10.1 Å². The van der Waals surface area contributed by atoms with Crippen LogP contribution in [0.15, 0.2) is 42.7 Å². The van der Waals surface area contributed by atoms with Crippen LogP contribution in [0.3, 0.4) is 0 Å². The summed E-state index contributed by atoms with van der Waals surface area (Å²) >= 11 is 0. The lowest BCUT2D eigenvalue weighted by molar-refractivity contribution is -0.383. The van der Waals surface area contributed by atoms with Gasteiger partial charge in [0.25, 0.3) is 5.69 Å². The maximum atomic E-state index is 13.3. The summed E-state index contributed by atoms with van der Waals surface area (Å²) in [7, 11) is 0. The first kappa shape index (κ1) is 13.9. The van der Waals surface area contributed by atoms with Gasteiger partial charge in [-0.2, -0.15) is 0 Å². The Balaban J connectivity index is 2.09. The molecule has 3 aromatic rings. The molecule has 0 aliphatic rings. The first-order chi connectivity index (χ1) is 10.6. The summed E-state index contributed by atoms with van der Waals surface area (Å²) in [5, 5.41) is 11.4. The molecule has 0 spiro atoms. The van der Waals surface area contributed by atoms with Gasteiger partial charge in [0.1, 0.15) is 17.9 Å². The van der Waals surface area contributed by atoms with Crippen molar-refractivity contribution in [3.05, 3.63) is 64.2 Å². The number of nitro groups is 1. The predicted octanol–water partition coefficient (Wildman–Crippen LogP) is 3.78. The molecule has 0 unspecified atom stereocenters. The number of para-hydroxylation sites is 1. The third-order valence-corrected chi connectivity index (χ3v) is 3.15. The van der Waals surface area contributed by atoms with Gasteiger partial charge in [-0.1, -0.05) is 6.07 Å². The maximum Gasteiger partial charge on any atom is 0.295 e. The summed E-state index contributed by atoms with van der Waals surface area (Å²) in [5.74, 6) is 0.237. The number of benzene rings is 2. The molecule has 7 heteroatoms. The third kappa shape index (κ3) is 2.44. The molecule has 0 atom stereocenters. The number of hydrogen-bond donors (Lipinski definition) is 0. The van der Waals surface area contributed by atoms with Gasteiger partial charge in [-0.05, 0) is 36.8 Å². The molecule has 0 saturated heterocycles. The smallest absolute Gasteiger partial charge is 0.295 e. The lowest BCUT2D eigenvalue weighted by Gasteiger charge is -2.08. The van der Waals surface area contributed by atoms with E-state index in [1.54, 1.807) is 13.0 Å². The summed E-state index contributed by atoms with van der Waals surface area (Å²) in [4.78, 5) is 18.5. The van der Waals surface area contributed by atoms with Crippen LogP contribution in [0, 0.1) is 22.9 Å². The van der Waals surface area contributed by atoms with Crippen molar-refractivity contribution in [2.45, 2.75) is 6.92 Å². The minimum atomic E-state index is -0.513. The van der Waals surface area contributed by atoms with Crippen molar-refractivity contribution in [1.29, 1.82) is 0 Å². The van der Waals surface area contributed by atoms with Crippen LogP contribution in [0.5, 0.6) is 11.6 Å². The molecule has 3 rings (SSSR count). The standard InChI is InChI=1S/C15H10FN3O3/c1-9-7-10(5-6-12(9)16)22-15-11-3-2-4-13(19(20)21)14(11)17-8-18-15/h2-8H,1H3. The lowest BCUT2D eigenvalue weighted by Crippen LogP contribution is -1.96. The third-order valence-electron chi connectivity index (χ3n) is 3.15. The number of rotatable bonds is 3. The van der Waals surface area contributed by atoms with Gasteiger partial charge in [0.05, 0.1) is 10.3 Å². The number of non-ortho nitro benzene ring substituents is 1. The van der Waals surface area contributed by atoms with Crippen molar-refractivity contribution in [1.82, 2.24) is 9.97 Å². The normalized spacial score (nSPS) is 10.6. The van der Waals surface area contributed by atoms with E-state index in [1.807, 2.05) is 0 Å². The SMILES string of the molecule is Cc1cc(Oc2ncnc3c([N+](=O)[O-])cccc23)ccc1F. The molecule has 110 valence electrons. The van der Waals surface area contributed by atoms with E-state index in [4.69, 9.17) is 4.74 Å². The average Bonchev–Trinajstić information content (AvgIpc) is 2.50. The van der Waals surface area contributed by atoms with Crippen LogP contribution >= 0.6 is 0 Å². The van der Waals surface area contributed by atoms with E-state index in [0.717, 1.165) is 0 Å². The molecule has 0 N–H and O–H groups in total. The predicted molar refractivity (Wildman–Crippen MR) is 77.4 cm³/mol. The highest BCUT2D eigenvalue weighted by Crippen LogP contribution is 2.31. The fraction of sp³-hybridized carbons (Fsp3) is 0.0667. The van der Waals surface area contributed by atoms with E-state index in [2.05, 4.69) is 9.97 Å². The average molecular weight is 299 g/mol. The Labute approximate surface area is 124 Å². The number of hydrogen-bond acceptors (Lipinski definition) is 5. The Morgan fingerprint density at radius 3 is 2.77 bits per heavy atom. The molecular weight excluding hydrogens is 289 g/mol. The molecule has 0 aliphatic carbocycles. The summed E-state index contributed by atoms with van der Waals surface area (Å²) in [6.07, 6.45) is 1.20. The van der Waals surface area contributed by atoms with E-state index in [0.29, 0.717) is 16.7 Å². The Hall–Kier alpha value is -3.09. The number of aromatic nitrogens is 2. The van der Waals surface area contributed by atoms with E-state index in [1.165, 1.54) is 36.7 Å². The Morgan fingerprint density at radius 2 is 2.05 bits per heavy atom. The maximum absolute atomic E-state index is 13.3. The summed E-state index contributed by atoms with van der Waals surface area (Å²) in [5.41, 5.74) is 0.498. The molecule has 0 amide bonds. The van der Waals surface area contributed by atoms with Crippen molar-refractivity contribution in [2.75, 3.05) is 0 Å². The van der Waals surface area contributed by atoms with Crippen molar-refractivity contribution >= 4 is 16.6 Å². The first-order valence-corrected chi connectivity index (χ1v) is 6.38. The van der Waals surface area contributed by atoms with Gasteiger partial charge < -0.3 is 4.74 Å². The zero-order chi connectivity index (χ0) is 15.7. The molecule has 1 aromatic heterocycles. The van der Waals surface area contributed by atoms with Crippen LogP contribution in [0.2, 0.25) is 0 Å². The van der Waals surface area contributed by atoms with Gasteiger partial charge in [-0.15, -0.1) is 0 Å². The number of nitrogens with zero attached hydrogens (tertiary/aromatic N) is 3. The highest BCUT2D eigenvalue weighted by Gasteiger charge is 2.16. The number of halogens is 1. The second-order valence-corrected chi connectivity index (χ2v) is 4.62. The molecule has 0 radical (unpaired) electrons. The number of fused-ring (bicyclic) bond motifs is 1. The molecule has 0 fully saturated rings. The highest BCUT2D eigenvalue weighted by molar-refractivity contribution is 5.90. The minimum absolute atomic E-state index is 0.125. The van der Waals surface area contributed by atoms with E-state index < -0.39 is 4.92 Å². The molecule has 2 aromatic carbocycles. The number of ether oxygens (including phenoxy) is 1. The molecule has 6 nitrogen and oxygen atoms in total. The highest BCUT2D eigenvalue weighted by atomic mass is 19.1. The molecule has 1 heterocycles. The summed E-state index contributed by atoms with van der Waals surface area (Å²) in [6.45, 7) is 1.62. The zero-order valence-electron chi connectivity index (χ0n) is 11.5. The molecule has 0 saturated carbocycles. The largest absolute Gasteiger partial charge is 0.438 e. The Bertz CT molecular complexity index is 883. The van der Waals surface area contributed by atoms with Crippen molar-refractivity contribution in [3.8, 4) is 11.6 Å². The Kier molecular flexibility index (Phi) is 3.38. The van der Waals surface area contributed by atoms with E-state index in [9.17, 15) is 14.5 Å². The zero-order valence-corrected chi connectivity index (χ0v) is 11.5. The monoisotopic (exact) mass is 299 g/mol. The molecule has 0 bridgehead atoms. The van der Waals surface area contributed by atoms with Gasteiger partial charge in [0, 0.05) is 6.07 Å². The van der Waals surface area contributed by atoms with Crippen LogP contribution in [-0.2, 0) is 0 Å². The van der Waals surface area contributed by atoms with Crippen LogP contribution in [-0.4, -0.2) is 14.9 Å². The fourth-order valence-electron chi connectivity index (χ4n) is 2.07. The topological polar surface area (TPSA) is 78.2 Å². The van der Waals surface area contributed by atoms with Gasteiger partial charge in [0.15, 0.2) is 5.52 Å². The van der Waals surface area contributed by atoms with Crippen molar-refractivity contribution < 1.29 is 14.1 Å². The van der Waals surface area contributed by atoms with Gasteiger partial charge in [-0.25, -0.2) is 14.4 Å². The quantitative estimate of drug-likeness (QED) is 0.543. The van der Waals surface area contributed by atoms with Crippen molar-refractivity contribution in [2.24, 2.45) is 0 Å². The minimum Gasteiger partial charge on any atom is -0.438 e.